The van der Waals surface area contributed by atoms with E-state index in [-0.39, 0.29) is 0 Å². The maximum atomic E-state index is 5.50. The zero-order chi connectivity index (χ0) is 14.4. The number of hydrogen-bond donors (Lipinski definition) is 1. The fourth-order valence-electron chi connectivity index (χ4n) is 3.76. The molecule has 2 fully saturated rings. The first-order valence-electron chi connectivity index (χ1n) is 8.72. The highest BCUT2D eigenvalue weighted by molar-refractivity contribution is 4.83. The molecule has 118 valence electrons. The van der Waals surface area contributed by atoms with Gasteiger partial charge in [0, 0.05) is 31.7 Å². The molecule has 1 heterocycles. The van der Waals surface area contributed by atoms with Crippen molar-refractivity contribution in [3.63, 3.8) is 0 Å². The van der Waals surface area contributed by atoms with Crippen LogP contribution in [0.5, 0.6) is 0 Å². The molecule has 0 aromatic heterocycles. The molecule has 1 saturated carbocycles. The number of ether oxygens (including phenoxy) is 1. The molecule has 1 aliphatic carbocycles. The normalized spacial score (nSPS) is 30.6. The van der Waals surface area contributed by atoms with Crippen molar-refractivity contribution in [3.8, 4) is 0 Å². The molecule has 3 unspecified atom stereocenters. The summed E-state index contributed by atoms with van der Waals surface area (Å²) in [6.07, 6.45) is 6.92. The first kappa shape index (κ1) is 16.3. The van der Waals surface area contributed by atoms with Gasteiger partial charge in [0.2, 0.25) is 0 Å². The van der Waals surface area contributed by atoms with Gasteiger partial charge in [0.15, 0.2) is 0 Å². The molecule has 3 atom stereocenters. The van der Waals surface area contributed by atoms with Crippen molar-refractivity contribution in [3.05, 3.63) is 0 Å². The Morgan fingerprint density at radius 2 is 1.85 bits per heavy atom. The van der Waals surface area contributed by atoms with E-state index in [1.54, 1.807) is 0 Å². The molecule has 0 aromatic rings. The third-order valence-electron chi connectivity index (χ3n) is 5.03. The Labute approximate surface area is 125 Å². The van der Waals surface area contributed by atoms with Crippen molar-refractivity contribution in [1.29, 1.82) is 0 Å². The lowest BCUT2D eigenvalue weighted by molar-refractivity contribution is 0.0111. The van der Waals surface area contributed by atoms with Gasteiger partial charge in [-0.25, -0.2) is 0 Å². The summed E-state index contributed by atoms with van der Waals surface area (Å²) in [5.74, 6) is 1.63. The summed E-state index contributed by atoms with van der Waals surface area (Å²) in [5, 5.41) is 3.89. The highest BCUT2D eigenvalue weighted by atomic mass is 16.5. The average Bonchev–Trinajstić information content (AvgIpc) is 2.45. The van der Waals surface area contributed by atoms with Crippen molar-refractivity contribution in [2.45, 2.75) is 65.0 Å². The first-order valence-corrected chi connectivity index (χ1v) is 8.72. The summed E-state index contributed by atoms with van der Waals surface area (Å²) in [7, 11) is 0. The van der Waals surface area contributed by atoms with Gasteiger partial charge in [0.25, 0.3) is 0 Å². The van der Waals surface area contributed by atoms with E-state index in [4.69, 9.17) is 4.74 Å². The second-order valence-electron chi connectivity index (χ2n) is 7.21. The second-order valence-corrected chi connectivity index (χ2v) is 7.21. The van der Waals surface area contributed by atoms with Crippen LogP contribution in [0.2, 0.25) is 0 Å². The van der Waals surface area contributed by atoms with Crippen molar-refractivity contribution in [2.75, 3.05) is 32.8 Å². The Hall–Kier alpha value is -0.120. The third-order valence-corrected chi connectivity index (χ3v) is 5.03. The summed E-state index contributed by atoms with van der Waals surface area (Å²) in [6, 6.07) is 1.44. The van der Waals surface area contributed by atoms with Gasteiger partial charge in [-0.3, -0.25) is 4.90 Å². The van der Waals surface area contributed by atoms with Crippen LogP contribution in [-0.4, -0.2) is 49.8 Å². The van der Waals surface area contributed by atoms with Gasteiger partial charge >= 0.3 is 0 Å². The molecule has 0 amide bonds. The highest BCUT2D eigenvalue weighted by Crippen LogP contribution is 2.24. The Morgan fingerprint density at radius 1 is 1.15 bits per heavy atom. The summed E-state index contributed by atoms with van der Waals surface area (Å²) in [4.78, 5) is 2.64. The molecule has 3 nitrogen and oxygen atoms in total. The molecule has 0 spiro atoms. The highest BCUT2D eigenvalue weighted by Gasteiger charge is 2.25. The van der Waals surface area contributed by atoms with Gasteiger partial charge in [0.05, 0.1) is 13.2 Å². The lowest BCUT2D eigenvalue weighted by Crippen LogP contribution is -2.51. The summed E-state index contributed by atoms with van der Waals surface area (Å²) >= 11 is 0. The van der Waals surface area contributed by atoms with E-state index in [0.717, 1.165) is 50.7 Å². The van der Waals surface area contributed by atoms with E-state index >= 15 is 0 Å². The molecule has 2 aliphatic rings. The van der Waals surface area contributed by atoms with E-state index in [0.29, 0.717) is 6.04 Å². The number of rotatable bonds is 6. The molecule has 1 aliphatic heterocycles. The lowest BCUT2D eigenvalue weighted by atomic mass is 9.85. The van der Waals surface area contributed by atoms with Crippen LogP contribution in [0.3, 0.4) is 0 Å². The quantitative estimate of drug-likeness (QED) is 0.811. The van der Waals surface area contributed by atoms with Crippen LogP contribution < -0.4 is 5.32 Å². The van der Waals surface area contributed by atoms with Crippen molar-refractivity contribution in [1.82, 2.24) is 10.2 Å². The Bertz CT molecular complexity index is 264. The summed E-state index contributed by atoms with van der Waals surface area (Å²) in [6.45, 7) is 12.3. The number of nitrogens with one attached hydrogen (secondary N) is 1. The number of morpholine rings is 1. The van der Waals surface area contributed by atoms with Gasteiger partial charge in [-0.2, -0.15) is 0 Å². The van der Waals surface area contributed by atoms with E-state index < -0.39 is 0 Å². The molecule has 0 radical (unpaired) electrons. The van der Waals surface area contributed by atoms with Crippen molar-refractivity contribution in [2.24, 2.45) is 11.8 Å². The minimum absolute atomic E-state index is 0.688. The predicted molar refractivity (Wildman–Crippen MR) is 85.1 cm³/mol. The smallest absolute Gasteiger partial charge is 0.0594 e. The van der Waals surface area contributed by atoms with Crippen LogP contribution >= 0.6 is 0 Å². The fraction of sp³-hybridized carbons (Fsp3) is 1.00. The van der Waals surface area contributed by atoms with Crippen LogP contribution in [0.25, 0.3) is 0 Å². The van der Waals surface area contributed by atoms with Gasteiger partial charge in [-0.05, 0) is 31.1 Å². The molecule has 20 heavy (non-hydrogen) atoms. The van der Waals surface area contributed by atoms with Crippen LogP contribution in [0.15, 0.2) is 0 Å². The zero-order valence-electron chi connectivity index (χ0n) is 13.7. The average molecular weight is 282 g/mol. The molecule has 0 bridgehead atoms. The van der Waals surface area contributed by atoms with E-state index in [9.17, 15) is 0 Å². The van der Waals surface area contributed by atoms with Crippen LogP contribution in [0, 0.1) is 11.8 Å². The minimum Gasteiger partial charge on any atom is -0.379 e. The molecule has 0 aromatic carbocycles. The van der Waals surface area contributed by atoms with E-state index in [1.165, 1.54) is 32.1 Å². The molecule has 2 rings (SSSR count). The molecular weight excluding hydrogens is 248 g/mol. The molecule has 1 saturated heterocycles. The zero-order valence-corrected chi connectivity index (χ0v) is 13.7. The van der Waals surface area contributed by atoms with E-state index in [2.05, 4.69) is 31.0 Å². The van der Waals surface area contributed by atoms with Crippen LogP contribution in [0.1, 0.15) is 52.9 Å². The number of nitrogens with zero attached hydrogens (tertiary/aromatic N) is 1. The molecule has 3 heteroatoms. The van der Waals surface area contributed by atoms with E-state index in [1.807, 2.05) is 0 Å². The first-order chi connectivity index (χ1) is 9.66. The Balaban J connectivity index is 1.82. The Kier molecular flexibility index (Phi) is 6.79. The SMILES string of the molecule is CC(C)CC(CNC1CCCCC1C)N1CCOCC1. The standard InChI is InChI=1S/C17H34N2O/c1-14(2)12-16(19-8-10-20-11-9-19)13-18-17-7-5-4-6-15(17)3/h14-18H,4-13H2,1-3H3. The second kappa shape index (κ2) is 8.35. The van der Waals surface area contributed by atoms with Gasteiger partial charge < -0.3 is 10.1 Å². The Morgan fingerprint density at radius 3 is 2.50 bits per heavy atom. The largest absolute Gasteiger partial charge is 0.379 e. The van der Waals surface area contributed by atoms with Crippen molar-refractivity contribution >= 4 is 0 Å². The number of hydrogen-bond acceptors (Lipinski definition) is 3. The third kappa shape index (κ3) is 5.01. The maximum Gasteiger partial charge on any atom is 0.0594 e. The summed E-state index contributed by atoms with van der Waals surface area (Å²) < 4.78 is 5.50. The van der Waals surface area contributed by atoms with Gasteiger partial charge in [-0.1, -0.05) is 33.6 Å². The minimum atomic E-state index is 0.688. The van der Waals surface area contributed by atoms with Gasteiger partial charge in [0.1, 0.15) is 0 Å². The van der Waals surface area contributed by atoms with Gasteiger partial charge in [-0.15, -0.1) is 0 Å². The van der Waals surface area contributed by atoms with Crippen LogP contribution in [0.4, 0.5) is 0 Å². The maximum absolute atomic E-state index is 5.50. The molecular formula is C17H34N2O. The van der Waals surface area contributed by atoms with Crippen molar-refractivity contribution < 1.29 is 4.74 Å². The lowest BCUT2D eigenvalue weighted by Gasteiger charge is -2.38. The summed E-state index contributed by atoms with van der Waals surface area (Å²) in [5.41, 5.74) is 0. The monoisotopic (exact) mass is 282 g/mol. The predicted octanol–water partition coefficient (Wildman–Crippen LogP) is 2.90. The molecule has 1 N–H and O–H groups in total. The topological polar surface area (TPSA) is 24.5 Å². The fourth-order valence-corrected chi connectivity index (χ4v) is 3.76. The van der Waals surface area contributed by atoms with Crippen LogP contribution in [-0.2, 0) is 4.74 Å².